The van der Waals surface area contributed by atoms with Gasteiger partial charge in [0.05, 0.1) is 5.75 Å². The van der Waals surface area contributed by atoms with E-state index in [9.17, 15) is 8.42 Å². The van der Waals surface area contributed by atoms with E-state index in [4.69, 9.17) is 0 Å². The van der Waals surface area contributed by atoms with Crippen LogP contribution in [-0.2, 0) is 15.8 Å². The van der Waals surface area contributed by atoms with Crippen molar-refractivity contribution in [1.29, 1.82) is 0 Å². The first-order chi connectivity index (χ1) is 6.44. The van der Waals surface area contributed by atoms with Crippen molar-refractivity contribution in [3.8, 4) is 0 Å². The molecule has 0 aliphatic rings. The summed E-state index contributed by atoms with van der Waals surface area (Å²) in [5.41, 5.74) is 1.87. The molecule has 1 aromatic rings. The Morgan fingerprint density at radius 3 is 2.57 bits per heavy atom. The smallest absolute Gasteiger partial charge is 0.215 e. The Kier molecular flexibility index (Phi) is 3.69. The van der Waals surface area contributed by atoms with Gasteiger partial charge in [0.25, 0.3) is 0 Å². The standard InChI is InChI=1S/C9H12BrNO2S/c1-7-3-4-8(5-9(7)10)6-14(12,13)11-2/h3-5,11H,6H2,1-2H3. The van der Waals surface area contributed by atoms with Crippen LogP contribution in [0.15, 0.2) is 22.7 Å². The zero-order chi connectivity index (χ0) is 10.8. The van der Waals surface area contributed by atoms with E-state index in [1.165, 1.54) is 7.05 Å². The van der Waals surface area contributed by atoms with Crippen LogP contribution in [-0.4, -0.2) is 15.5 Å². The molecule has 0 aliphatic heterocycles. The lowest BCUT2D eigenvalue weighted by Gasteiger charge is -2.04. The summed E-state index contributed by atoms with van der Waals surface area (Å²) >= 11 is 3.36. The molecule has 3 nitrogen and oxygen atoms in total. The van der Waals surface area contributed by atoms with Gasteiger partial charge in [-0.25, -0.2) is 13.1 Å². The van der Waals surface area contributed by atoms with Crippen molar-refractivity contribution in [2.75, 3.05) is 7.05 Å². The summed E-state index contributed by atoms with van der Waals surface area (Å²) in [6.45, 7) is 1.96. The van der Waals surface area contributed by atoms with Crippen molar-refractivity contribution in [1.82, 2.24) is 4.72 Å². The van der Waals surface area contributed by atoms with Gasteiger partial charge >= 0.3 is 0 Å². The van der Waals surface area contributed by atoms with Crippen molar-refractivity contribution < 1.29 is 8.42 Å². The maximum atomic E-state index is 11.2. The summed E-state index contributed by atoms with van der Waals surface area (Å²) in [6.07, 6.45) is 0. The van der Waals surface area contributed by atoms with E-state index in [2.05, 4.69) is 20.7 Å². The van der Waals surface area contributed by atoms with Gasteiger partial charge in [-0.05, 0) is 31.2 Å². The summed E-state index contributed by atoms with van der Waals surface area (Å²) in [6, 6.07) is 5.53. The van der Waals surface area contributed by atoms with Crippen LogP contribution in [0.3, 0.4) is 0 Å². The molecule has 0 aliphatic carbocycles. The highest BCUT2D eigenvalue weighted by Crippen LogP contribution is 2.18. The van der Waals surface area contributed by atoms with Crippen molar-refractivity contribution in [2.45, 2.75) is 12.7 Å². The van der Waals surface area contributed by atoms with E-state index in [0.717, 1.165) is 15.6 Å². The Balaban J connectivity index is 2.94. The number of nitrogens with one attached hydrogen (secondary N) is 1. The number of rotatable bonds is 3. The normalized spacial score (nSPS) is 11.6. The highest BCUT2D eigenvalue weighted by Gasteiger charge is 2.08. The van der Waals surface area contributed by atoms with E-state index in [0.29, 0.717) is 0 Å². The Bertz CT molecular complexity index is 428. The molecular formula is C9H12BrNO2S. The summed E-state index contributed by atoms with van der Waals surface area (Å²) in [7, 11) is -1.76. The van der Waals surface area contributed by atoms with E-state index in [-0.39, 0.29) is 5.75 Å². The molecule has 0 bridgehead atoms. The molecule has 0 saturated carbocycles. The molecule has 0 aromatic heterocycles. The number of benzene rings is 1. The number of hydrogen-bond acceptors (Lipinski definition) is 2. The zero-order valence-corrected chi connectivity index (χ0v) is 10.4. The third-order valence-corrected chi connectivity index (χ3v) is 4.09. The van der Waals surface area contributed by atoms with Gasteiger partial charge in [-0.2, -0.15) is 0 Å². The third kappa shape index (κ3) is 3.08. The van der Waals surface area contributed by atoms with E-state index in [1.807, 2.05) is 25.1 Å². The van der Waals surface area contributed by atoms with Crippen molar-refractivity contribution >= 4 is 26.0 Å². The lowest BCUT2D eigenvalue weighted by molar-refractivity contribution is 0.587. The maximum absolute atomic E-state index is 11.2. The average molecular weight is 278 g/mol. The van der Waals surface area contributed by atoms with Crippen LogP contribution < -0.4 is 4.72 Å². The van der Waals surface area contributed by atoms with Gasteiger partial charge in [0.15, 0.2) is 0 Å². The predicted octanol–water partition coefficient (Wildman–Crippen LogP) is 1.81. The second-order valence-corrected chi connectivity index (χ2v) is 5.83. The van der Waals surface area contributed by atoms with Crippen molar-refractivity contribution in [3.05, 3.63) is 33.8 Å². The van der Waals surface area contributed by atoms with Gasteiger partial charge in [-0.3, -0.25) is 0 Å². The molecule has 1 rings (SSSR count). The van der Waals surface area contributed by atoms with Crippen LogP contribution in [0.2, 0.25) is 0 Å². The van der Waals surface area contributed by atoms with Crippen LogP contribution in [0.25, 0.3) is 0 Å². The lowest BCUT2D eigenvalue weighted by atomic mass is 10.2. The Morgan fingerprint density at radius 1 is 1.43 bits per heavy atom. The predicted molar refractivity (Wildman–Crippen MR) is 60.6 cm³/mol. The van der Waals surface area contributed by atoms with Crippen molar-refractivity contribution in [2.24, 2.45) is 0 Å². The minimum Gasteiger partial charge on any atom is -0.218 e. The topological polar surface area (TPSA) is 46.2 Å². The van der Waals surface area contributed by atoms with Gasteiger partial charge in [0.1, 0.15) is 0 Å². The maximum Gasteiger partial charge on any atom is 0.215 e. The van der Waals surface area contributed by atoms with E-state index in [1.54, 1.807) is 0 Å². The molecule has 0 spiro atoms. The summed E-state index contributed by atoms with van der Waals surface area (Å²) < 4.78 is 25.7. The Labute approximate surface area is 92.7 Å². The molecule has 0 saturated heterocycles. The van der Waals surface area contributed by atoms with Crippen LogP contribution in [0.4, 0.5) is 0 Å². The number of sulfonamides is 1. The molecule has 0 fully saturated rings. The summed E-state index contributed by atoms with van der Waals surface area (Å²) in [5, 5.41) is 0. The molecule has 0 radical (unpaired) electrons. The second kappa shape index (κ2) is 4.42. The minimum atomic E-state index is -3.17. The quantitative estimate of drug-likeness (QED) is 0.916. The molecule has 1 aromatic carbocycles. The fraction of sp³-hybridized carbons (Fsp3) is 0.333. The molecule has 0 amide bonds. The molecule has 1 N–H and O–H groups in total. The monoisotopic (exact) mass is 277 g/mol. The Hall–Kier alpha value is -0.390. The van der Waals surface area contributed by atoms with Crippen LogP contribution in [0.5, 0.6) is 0 Å². The molecular weight excluding hydrogens is 266 g/mol. The van der Waals surface area contributed by atoms with E-state index >= 15 is 0 Å². The molecule has 0 heterocycles. The molecule has 5 heteroatoms. The molecule has 0 atom stereocenters. The van der Waals surface area contributed by atoms with E-state index < -0.39 is 10.0 Å². The second-order valence-electron chi connectivity index (χ2n) is 3.05. The molecule has 14 heavy (non-hydrogen) atoms. The van der Waals surface area contributed by atoms with Crippen LogP contribution in [0, 0.1) is 6.92 Å². The summed E-state index contributed by atoms with van der Waals surface area (Å²) in [4.78, 5) is 0. The molecule has 0 unspecified atom stereocenters. The van der Waals surface area contributed by atoms with Gasteiger partial charge in [-0.15, -0.1) is 0 Å². The highest BCUT2D eigenvalue weighted by atomic mass is 79.9. The lowest BCUT2D eigenvalue weighted by Crippen LogP contribution is -2.20. The molecule has 78 valence electrons. The van der Waals surface area contributed by atoms with Crippen molar-refractivity contribution in [3.63, 3.8) is 0 Å². The SMILES string of the molecule is CNS(=O)(=O)Cc1ccc(C)c(Br)c1. The largest absolute Gasteiger partial charge is 0.218 e. The van der Waals surface area contributed by atoms with Crippen LogP contribution in [0.1, 0.15) is 11.1 Å². The zero-order valence-electron chi connectivity index (χ0n) is 8.04. The first-order valence-electron chi connectivity index (χ1n) is 4.11. The fourth-order valence-electron chi connectivity index (χ4n) is 1.02. The first kappa shape index (κ1) is 11.7. The Morgan fingerprint density at radius 2 is 2.07 bits per heavy atom. The van der Waals surface area contributed by atoms with Gasteiger partial charge in [0, 0.05) is 4.47 Å². The van der Waals surface area contributed by atoms with Crippen LogP contribution >= 0.6 is 15.9 Å². The van der Waals surface area contributed by atoms with Gasteiger partial charge in [-0.1, -0.05) is 28.1 Å². The number of halogens is 1. The number of hydrogen-bond donors (Lipinski definition) is 1. The van der Waals surface area contributed by atoms with Gasteiger partial charge < -0.3 is 0 Å². The number of aryl methyl sites for hydroxylation is 1. The first-order valence-corrected chi connectivity index (χ1v) is 6.55. The fourth-order valence-corrected chi connectivity index (χ4v) is 2.21. The highest BCUT2D eigenvalue weighted by molar-refractivity contribution is 9.10. The summed E-state index contributed by atoms with van der Waals surface area (Å²) in [5.74, 6) is 0.0162. The van der Waals surface area contributed by atoms with Gasteiger partial charge in [0.2, 0.25) is 10.0 Å². The third-order valence-electron chi connectivity index (χ3n) is 1.90. The average Bonchev–Trinajstić information content (AvgIpc) is 2.11. The minimum absolute atomic E-state index is 0.0162.